The number of nitrogens with zero attached hydrogens (tertiary/aromatic N) is 5. The van der Waals surface area contributed by atoms with Crippen LogP contribution in [0.2, 0.25) is 0 Å². The highest BCUT2D eigenvalue weighted by molar-refractivity contribution is 8.00. The number of thioether (sulfide) groups is 1. The minimum Gasteiger partial charge on any atom is -0.492 e. The van der Waals surface area contributed by atoms with E-state index in [1.165, 1.54) is 11.8 Å². The van der Waals surface area contributed by atoms with Crippen molar-refractivity contribution in [1.82, 2.24) is 25.1 Å². The third-order valence-electron chi connectivity index (χ3n) is 5.89. The van der Waals surface area contributed by atoms with Gasteiger partial charge in [-0.15, -0.1) is 10.2 Å². The molecule has 1 aliphatic carbocycles. The molecule has 0 saturated heterocycles. The molecule has 4 rings (SSSR count). The summed E-state index contributed by atoms with van der Waals surface area (Å²) in [6.07, 6.45) is 7.82. The van der Waals surface area contributed by atoms with Crippen molar-refractivity contribution in [3.05, 3.63) is 48.8 Å². The minimum absolute atomic E-state index is 0.177. The van der Waals surface area contributed by atoms with Crippen LogP contribution in [0, 0.1) is 11.3 Å². The lowest BCUT2D eigenvalue weighted by Crippen LogP contribution is -2.50. The van der Waals surface area contributed by atoms with Gasteiger partial charge in [0.05, 0.1) is 23.6 Å². The Bertz CT molecular complexity index is 1170. The number of benzene rings is 1. The zero-order chi connectivity index (χ0) is 24.0. The van der Waals surface area contributed by atoms with Gasteiger partial charge in [0.15, 0.2) is 11.0 Å². The van der Waals surface area contributed by atoms with Gasteiger partial charge in [0.2, 0.25) is 5.91 Å². The SMILES string of the molecule is CCOc1ccccc1-n1c(S[C@H](C)C(=O)NC2(C#N)CCCCC2)nnc1-c1cccnc1. The summed E-state index contributed by atoms with van der Waals surface area (Å²) in [4.78, 5) is 17.3. The first-order valence-corrected chi connectivity index (χ1v) is 12.4. The molecular weight excluding hydrogens is 448 g/mol. The number of hydrogen-bond donors (Lipinski definition) is 1. The van der Waals surface area contributed by atoms with Crippen molar-refractivity contribution < 1.29 is 9.53 Å². The number of rotatable bonds is 8. The highest BCUT2D eigenvalue weighted by Gasteiger charge is 2.35. The molecule has 0 spiro atoms. The first-order chi connectivity index (χ1) is 16.6. The number of pyridine rings is 1. The Balaban J connectivity index is 1.67. The Morgan fingerprint density at radius 3 is 2.74 bits per heavy atom. The van der Waals surface area contributed by atoms with Crippen LogP contribution in [0.1, 0.15) is 46.0 Å². The van der Waals surface area contributed by atoms with Crippen molar-refractivity contribution in [3.63, 3.8) is 0 Å². The van der Waals surface area contributed by atoms with Crippen molar-refractivity contribution in [2.75, 3.05) is 6.61 Å². The van der Waals surface area contributed by atoms with E-state index in [-0.39, 0.29) is 5.91 Å². The maximum Gasteiger partial charge on any atom is 0.234 e. The van der Waals surface area contributed by atoms with E-state index in [0.29, 0.717) is 36.2 Å². The zero-order valence-corrected chi connectivity index (χ0v) is 20.2. The van der Waals surface area contributed by atoms with E-state index in [0.717, 1.165) is 30.5 Å². The number of nitrogens with one attached hydrogen (secondary N) is 1. The minimum atomic E-state index is -0.778. The number of carbonyl (C=O) groups excluding carboxylic acids is 1. The summed E-state index contributed by atoms with van der Waals surface area (Å²) in [6, 6.07) is 13.8. The van der Waals surface area contributed by atoms with Gasteiger partial charge in [0.1, 0.15) is 11.3 Å². The van der Waals surface area contributed by atoms with E-state index in [2.05, 4.69) is 26.6 Å². The summed E-state index contributed by atoms with van der Waals surface area (Å²) in [5.41, 5.74) is 0.806. The van der Waals surface area contributed by atoms with Crippen LogP contribution in [0.3, 0.4) is 0 Å². The average Bonchev–Trinajstić information content (AvgIpc) is 3.29. The Kier molecular flexibility index (Phi) is 7.48. The summed E-state index contributed by atoms with van der Waals surface area (Å²) >= 11 is 1.31. The highest BCUT2D eigenvalue weighted by Crippen LogP contribution is 2.34. The fourth-order valence-electron chi connectivity index (χ4n) is 4.13. The van der Waals surface area contributed by atoms with Crippen LogP contribution in [0.5, 0.6) is 5.75 Å². The van der Waals surface area contributed by atoms with Gasteiger partial charge in [-0.05, 0) is 51.0 Å². The number of amides is 1. The van der Waals surface area contributed by atoms with Crippen LogP contribution >= 0.6 is 11.8 Å². The average molecular weight is 477 g/mol. The Morgan fingerprint density at radius 2 is 2.03 bits per heavy atom. The molecule has 1 atom stereocenters. The van der Waals surface area contributed by atoms with Crippen molar-refractivity contribution in [2.45, 2.75) is 61.9 Å². The van der Waals surface area contributed by atoms with Crippen LogP contribution in [0.4, 0.5) is 0 Å². The third kappa shape index (κ3) is 5.07. The molecule has 1 saturated carbocycles. The molecule has 2 heterocycles. The molecule has 1 N–H and O–H groups in total. The summed E-state index contributed by atoms with van der Waals surface area (Å²) in [5.74, 6) is 1.12. The normalized spacial score (nSPS) is 15.8. The second-order valence-corrected chi connectivity index (χ2v) is 9.60. The molecule has 34 heavy (non-hydrogen) atoms. The summed E-state index contributed by atoms with van der Waals surface area (Å²) in [5, 5.41) is 21.7. The molecule has 9 heteroatoms. The maximum atomic E-state index is 13.1. The Labute approximate surface area is 203 Å². The largest absolute Gasteiger partial charge is 0.492 e. The molecule has 3 aromatic rings. The topological polar surface area (TPSA) is 106 Å². The zero-order valence-electron chi connectivity index (χ0n) is 19.4. The van der Waals surface area contributed by atoms with E-state index >= 15 is 0 Å². The lowest BCUT2D eigenvalue weighted by atomic mass is 9.83. The molecule has 0 bridgehead atoms. The van der Waals surface area contributed by atoms with Gasteiger partial charge in [-0.1, -0.05) is 43.2 Å². The summed E-state index contributed by atoms with van der Waals surface area (Å²) in [7, 11) is 0. The number of hydrogen-bond acceptors (Lipinski definition) is 7. The number of carbonyl (C=O) groups is 1. The smallest absolute Gasteiger partial charge is 0.234 e. The number of ether oxygens (including phenoxy) is 1. The third-order valence-corrected chi connectivity index (χ3v) is 6.94. The van der Waals surface area contributed by atoms with Crippen molar-refractivity contribution in [1.29, 1.82) is 5.26 Å². The lowest BCUT2D eigenvalue weighted by molar-refractivity contribution is -0.121. The van der Waals surface area contributed by atoms with Crippen LogP contribution in [-0.4, -0.2) is 43.1 Å². The van der Waals surface area contributed by atoms with E-state index < -0.39 is 10.8 Å². The molecule has 0 unspecified atom stereocenters. The molecule has 176 valence electrons. The fourth-order valence-corrected chi connectivity index (χ4v) is 4.99. The highest BCUT2D eigenvalue weighted by atomic mass is 32.2. The van der Waals surface area contributed by atoms with Gasteiger partial charge >= 0.3 is 0 Å². The Morgan fingerprint density at radius 1 is 1.24 bits per heavy atom. The number of nitriles is 1. The standard InChI is InChI=1S/C25H28N6O2S/c1-3-33-21-12-6-5-11-20(21)31-22(19-10-9-15-27-16-19)29-30-24(31)34-18(2)23(32)28-25(17-26)13-7-4-8-14-25/h5-6,9-12,15-16,18H,3-4,7-8,13-14H2,1-2H3,(H,28,32)/t18-/m1/s1. The molecule has 2 aromatic heterocycles. The van der Waals surface area contributed by atoms with Crippen molar-refractivity contribution in [2.24, 2.45) is 0 Å². The monoisotopic (exact) mass is 476 g/mol. The first-order valence-electron chi connectivity index (χ1n) is 11.5. The molecule has 0 radical (unpaired) electrons. The van der Waals surface area contributed by atoms with Gasteiger partial charge in [-0.2, -0.15) is 5.26 Å². The Hall–Kier alpha value is -3.38. The fraction of sp³-hybridized carbons (Fsp3) is 0.400. The molecular formula is C25H28N6O2S. The molecule has 1 fully saturated rings. The van der Waals surface area contributed by atoms with Crippen LogP contribution < -0.4 is 10.1 Å². The van der Waals surface area contributed by atoms with E-state index in [1.54, 1.807) is 12.4 Å². The van der Waals surface area contributed by atoms with Crippen LogP contribution in [0.15, 0.2) is 53.9 Å². The van der Waals surface area contributed by atoms with Gasteiger partial charge in [-0.3, -0.25) is 14.3 Å². The summed E-state index contributed by atoms with van der Waals surface area (Å²) < 4.78 is 7.77. The summed E-state index contributed by atoms with van der Waals surface area (Å²) in [6.45, 7) is 4.27. The maximum absolute atomic E-state index is 13.1. The molecule has 1 aliphatic rings. The number of aromatic nitrogens is 4. The van der Waals surface area contributed by atoms with Gasteiger partial charge in [-0.25, -0.2) is 0 Å². The second kappa shape index (κ2) is 10.7. The van der Waals surface area contributed by atoms with E-state index in [1.807, 2.05) is 54.8 Å². The number of para-hydroxylation sites is 2. The molecule has 0 aliphatic heterocycles. The lowest BCUT2D eigenvalue weighted by Gasteiger charge is -2.32. The van der Waals surface area contributed by atoms with Crippen LogP contribution in [-0.2, 0) is 4.79 Å². The predicted molar refractivity (Wildman–Crippen MR) is 131 cm³/mol. The van der Waals surface area contributed by atoms with Gasteiger partial charge in [0, 0.05) is 18.0 Å². The van der Waals surface area contributed by atoms with Crippen molar-refractivity contribution >= 4 is 17.7 Å². The van der Waals surface area contributed by atoms with Gasteiger partial charge in [0.25, 0.3) is 0 Å². The van der Waals surface area contributed by atoms with Crippen LogP contribution in [0.25, 0.3) is 17.1 Å². The van der Waals surface area contributed by atoms with E-state index in [9.17, 15) is 10.1 Å². The molecule has 8 nitrogen and oxygen atoms in total. The van der Waals surface area contributed by atoms with Gasteiger partial charge < -0.3 is 10.1 Å². The second-order valence-electron chi connectivity index (χ2n) is 8.29. The molecule has 1 aromatic carbocycles. The molecule has 1 amide bonds. The predicted octanol–water partition coefficient (Wildman–Crippen LogP) is 4.55. The quantitative estimate of drug-likeness (QED) is 0.475. The van der Waals surface area contributed by atoms with E-state index in [4.69, 9.17) is 4.74 Å². The van der Waals surface area contributed by atoms with Crippen molar-refractivity contribution in [3.8, 4) is 28.9 Å². The first kappa shape index (κ1) is 23.8.